The summed E-state index contributed by atoms with van der Waals surface area (Å²) in [6.45, 7) is 2.05. The Hall–Kier alpha value is -1.14. The van der Waals surface area contributed by atoms with Crippen molar-refractivity contribution in [1.29, 1.82) is 0 Å². The van der Waals surface area contributed by atoms with Crippen molar-refractivity contribution in [2.45, 2.75) is 19.3 Å². The first-order valence-corrected chi connectivity index (χ1v) is 7.72. The van der Waals surface area contributed by atoms with E-state index in [1.165, 1.54) is 0 Å². The molecule has 0 spiro atoms. The van der Waals surface area contributed by atoms with Crippen molar-refractivity contribution in [2.24, 2.45) is 0 Å². The molecule has 0 unspecified atom stereocenters. The first-order valence-electron chi connectivity index (χ1n) is 6.26. The first kappa shape index (κ1) is 13.8. The van der Waals surface area contributed by atoms with E-state index in [0.717, 1.165) is 25.3 Å². The zero-order valence-electron chi connectivity index (χ0n) is 10.8. The molecule has 0 saturated heterocycles. The summed E-state index contributed by atoms with van der Waals surface area (Å²) in [6, 6.07) is 7.82. The molecule has 3 nitrogen and oxygen atoms in total. The SMILES string of the molecule is Cc1cc(I)c(Cl)cc1C[C@@H]1C(=O)Nc2ncccc21. The maximum Gasteiger partial charge on any atom is 0.233 e. The number of benzene rings is 1. The monoisotopic (exact) mass is 398 g/mol. The Balaban J connectivity index is 1.96. The number of carbonyl (C=O) groups is 1. The van der Waals surface area contributed by atoms with Crippen LogP contribution in [0.4, 0.5) is 5.82 Å². The second kappa shape index (κ2) is 5.33. The van der Waals surface area contributed by atoms with Crippen LogP contribution in [0.15, 0.2) is 30.5 Å². The Kier molecular flexibility index (Phi) is 3.69. The fraction of sp³-hybridized carbons (Fsp3) is 0.200. The Morgan fingerprint density at radius 1 is 1.45 bits per heavy atom. The highest BCUT2D eigenvalue weighted by molar-refractivity contribution is 14.1. The summed E-state index contributed by atoms with van der Waals surface area (Å²) in [6.07, 6.45) is 2.33. The molecule has 1 aromatic carbocycles. The third-order valence-electron chi connectivity index (χ3n) is 3.58. The van der Waals surface area contributed by atoms with E-state index in [9.17, 15) is 4.79 Å². The van der Waals surface area contributed by atoms with Gasteiger partial charge in [-0.2, -0.15) is 0 Å². The number of fused-ring (bicyclic) bond motifs is 1. The van der Waals surface area contributed by atoms with Gasteiger partial charge in [-0.1, -0.05) is 17.7 Å². The van der Waals surface area contributed by atoms with Crippen LogP contribution in [0.2, 0.25) is 5.02 Å². The van der Waals surface area contributed by atoms with E-state index in [1.54, 1.807) is 6.20 Å². The minimum atomic E-state index is -0.187. The number of carbonyl (C=O) groups excluding carboxylic acids is 1. The van der Waals surface area contributed by atoms with Crippen molar-refractivity contribution in [3.63, 3.8) is 0 Å². The van der Waals surface area contributed by atoms with E-state index in [-0.39, 0.29) is 11.8 Å². The molecule has 2 aromatic rings. The van der Waals surface area contributed by atoms with Gasteiger partial charge in [0, 0.05) is 15.3 Å². The van der Waals surface area contributed by atoms with Gasteiger partial charge in [0.15, 0.2) is 0 Å². The van der Waals surface area contributed by atoms with E-state index in [1.807, 2.05) is 25.1 Å². The third kappa shape index (κ3) is 2.42. The Bertz CT molecular complexity index is 702. The topological polar surface area (TPSA) is 42.0 Å². The summed E-state index contributed by atoms with van der Waals surface area (Å²) >= 11 is 8.40. The molecule has 2 heterocycles. The van der Waals surface area contributed by atoms with E-state index in [4.69, 9.17) is 11.6 Å². The molecule has 0 aliphatic carbocycles. The molecular weight excluding hydrogens is 387 g/mol. The van der Waals surface area contributed by atoms with Gasteiger partial charge in [-0.15, -0.1) is 0 Å². The quantitative estimate of drug-likeness (QED) is 0.779. The molecule has 1 aromatic heterocycles. The van der Waals surface area contributed by atoms with Gasteiger partial charge in [-0.25, -0.2) is 4.98 Å². The highest BCUT2D eigenvalue weighted by Gasteiger charge is 2.31. The zero-order chi connectivity index (χ0) is 14.3. The van der Waals surface area contributed by atoms with Crippen LogP contribution in [0, 0.1) is 10.5 Å². The van der Waals surface area contributed by atoms with Crippen molar-refractivity contribution < 1.29 is 4.79 Å². The summed E-state index contributed by atoms with van der Waals surface area (Å²) < 4.78 is 1.03. The molecule has 1 N–H and O–H groups in total. The Morgan fingerprint density at radius 2 is 2.25 bits per heavy atom. The minimum absolute atomic E-state index is 0.00720. The van der Waals surface area contributed by atoms with Gasteiger partial charge in [0.1, 0.15) is 5.82 Å². The predicted octanol–water partition coefficient (Wildman–Crippen LogP) is 3.93. The molecule has 0 bridgehead atoms. The van der Waals surface area contributed by atoms with E-state index < -0.39 is 0 Å². The van der Waals surface area contributed by atoms with Crippen LogP contribution >= 0.6 is 34.2 Å². The van der Waals surface area contributed by atoms with Crippen molar-refractivity contribution in [2.75, 3.05) is 5.32 Å². The van der Waals surface area contributed by atoms with Crippen molar-refractivity contribution in [3.05, 3.63) is 55.7 Å². The van der Waals surface area contributed by atoms with Gasteiger partial charge < -0.3 is 5.32 Å². The van der Waals surface area contributed by atoms with Gasteiger partial charge >= 0.3 is 0 Å². The Labute approximate surface area is 135 Å². The normalized spacial score (nSPS) is 16.9. The molecule has 0 saturated carbocycles. The largest absolute Gasteiger partial charge is 0.310 e. The summed E-state index contributed by atoms with van der Waals surface area (Å²) in [5.41, 5.74) is 3.22. The second-order valence-electron chi connectivity index (χ2n) is 4.88. The lowest BCUT2D eigenvalue weighted by Crippen LogP contribution is -2.15. The molecule has 102 valence electrons. The van der Waals surface area contributed by atoms with Crippen LogP contribution < -0.4 is 5.32 Å². The molecule has 5 heteroatoms. The lowest BCUT2D eigenvalue weighted by Gasteiger charge is -2.12. The van der Waals surface area contributed by atoms with E-state index in [0.29, 0.717) is 12.2 Å². The number of nitrogens with one attached hydrogen (secondary N) is 1. The predicted molar refractivity (Wildman–Crippen MR) is 88.2 cm³/mol. The number of nitrogens with zero attached hydrogens (tertiary/aromatic N) is 1. The number of aromatic nitrogens is 1. The highest BCUT2D eigenvalue weighted by atomic mass is 127. The number of aryl methyl sites for hydroxylation is 1. The van der Waals surface area contributed by atoms with Gasteiger partial charge in [-0.3, -0.25) is 4.79 Å². The third-order valence-corrected chi connectivity index (χ3v) is 5.10. The van der Waals surface area contributed by atoms with Crippen LogP contribution in [0.1, 0.15) is 22.6 Å². The van der Waals surface area contributed by atoms with Crippen LogP contribution in [-0.2, 0) is 11.2 Å². The average Bonchev–Trinajstić information content (AvgIpc) is 2.72. The van der Waals surface area contributed by atoms with Crippen molar-refractivity contribution >= 4 is 45.9 Å². The van der Waals surface area contributed by atoms with Gasteiger partial charge in [0.25, 0.3) is 0 Å². The molecule has 3 rings (SSSR count). The molecule has 20 heavy (non-hydrogen) atoms. The molecule has 1 atom stereocenters. The minimum Gasteiger partial charge on any atom is -0.310 e. The number of hydrogen-bond acceptors (Lipinski definition) is 2. The van der Waals surface area contributed by atoms with Crippen LogP contribution in [0.5, 0.6) is 0 Å². The second-order valence-corrected chi connectivity index (χ2v) is 6.45. The lowest BCUT2D eigenvalue weighted by molar-refractivity contribution is -0.117. The molecule has 1 amide bonds. The van der Waals surface area contributed by atoms with E-state index in [2.05, 4.69) is 39.0 Å². The summed E-state index contributed by atoms with van der Waals surface area (Å²) in [5, 5.41) is 3.56. The first-order chi connectivity index (χ1) is 9.56. The van der Waals surface area contributed by atoms with Crippen LogP contribution in [-0.4, -0.2) is 10.9 Å². The van der Waals surface area contributed by atoms with Crippen LogP contribution in [0.25, 0.3) is 0 Å². The molecule has 1 aliphatic rings. The molecule has 1 aliphatic heterocycles. The van der Waals surface area contributed by atoms with Gasteiger partial charge in [-0.05, 0) is 65.3 Å². The number of hydrogen-bond donors (Lipinski definition) is 1. The number of halogens is 2. The fourth-order valence-corrected chi connectivity index (χ4v) is 3.29. The van der Waals surface area contributed by atoms with E-state index >= 15 is 0 Å². The molecule has 0 fully saturated rings. The highest BCUT2D eigenvalue weighted by Crippen LogP contribution is 2.34. The standard InChI is InChI=1S/C15H12ClIN2O/c1-8-5-13(17)12(16)7-9(8)6-11-10-3-2-4-18-14(10)19-15(11)20/h2-5,7,11H,6H2,1H3,(H,18,19,20)/t11-/m0/s1. The number of pyridine rings is 1. The van der Waals surface area contributed by atoms with Crippen molar-refractivity contribution in [3.8, 4) is 0 Å². The van der Waals surface area contributed by atoms with Gasteiger partial charge in [0.2, 0.25) is 5.91 Å². The zero-order valence-corrected chi connectivity index (χ0v) is 13.7. The fourth-order valence-electron chi connectivity index (χ4n) is 2.48. The molecule has 0 radical (unpaired) electrons. The molecular formula is C15H12ClIN2O. The number of anilines is 1. The summed E-state index contributed by atoms with van der Waals surface area (Å²) in [4.78, 5) is 16.3. The van der Waals surface area contributed by atoms with Crippen molar-refractivity contribution in [1.82, 2.24) is 4.98 Å². The smallest absolute Gasteiger partial charge is 0.233 e. The average molecular weight is 399 g/mol. The maximum atomic E-state index is 12.1. The van der Waals surface area contributed by atoms with Crippen LogP contribution in [0.3, 0.4) is 0 Å². The summed E-state index contributed by atoms with van der Waals surface area (Å²) in [5.74, 6) is 0.498. The maximum absolute atomic E-state index is 12.1. The number of amides is 1. The Morgan fingerprint density at radius 3 is 3.05 bits per heavy atom. The summed E-state index contributed by atoms with van der Waals surface area (Å²) in [7, 11) is 0. The van der Waals surface area contributed by atoms with Gasteiger partial charge in [0.05, 0.1) is 10.9 Å². The lowest BCUT2D eigenvalue weighted by atomic mass is 9.92. The number of rotatable bonds is 2.